The van der Waals surface area contributed by atoms with E-state index in [1.54, 1.807) is 24.3 Å². The lowest BCUT2D eigenvalue weighted by Gasteiger charge is -2.10. The molecule has 0 aliphatic carbocycles. The van der Waals surface area contributed by atoms with Crippen LogP contribution in [-0.2, 0) is 14.9 Å². The highest BCUT2D eigenvalue weighted by Crippen LogP contribution is 2.16. The number of amides is 2. The van der Waals surface area contributed by atoms with Crippen LogP contribution in [0.25, 0.3) is 0 Å². The van der Waals surface area contributed by atoms with Crippen molar-refractivity contribution < 1.29 is 22.6 Å². The highest BCUT2D eigenvalue weighted by atomic mass is 32.2. The summed E-state index contributed by atoms with van der Waals surface area (Å²) >= 11 is 0. The van der Waals surface area contributed by atoms with Crippen molar-refractivity contribution in [2.24, 2.45) is 0 Å². The van der Waals surface area contributed by atoms with Gasteiger partial charge in [-0.15, -0.1) is 0 Å². The molecule has 0 atom stereocenters. The Balaban J connectivity index is 1.68. The third kappa shape index (κ3) is 10.4. The highest BCUT2D eigenvalue weighted by molar-refractivity contribution is 7.85. The van der Waals surface area contributed by atoms with Crippen molar-refractivity contribution in [1.82, 2.24) is 5.43 Å². The quantitative estimate of drug-likeness (QED) is 0.148. The van der Waals surface area contributed by atoms with Crippen molar-refractivity contribution in [3.63, 3.8) is 0 Å². The number of nitrogens with one attached hydrogen (secondary N) is 3. The summed E-state index contributed by atoms with van der Waals surface area (Å²) in [6.07, 6.45) is 11.3. The second-order valence-electron chi connectivity index (χ2n) is 8.29. The molecule has 0 spiro atoms. The van der Waals surface area contributed by atoms with E-state index < -0.39 is 16.0 Å². The zero-order valence-corrected chi connectivity index (χ0v) is 20.5. The molecule has 0 aliphatic heterocycles. The summed E-state index contributed by atoms with van der Waals surface area (Å²) < 4.78 is 31.6. The zero-order valence-electron chi connectivity index (χ0n) is 19.7. The number of hydrogen-bond acceptors (Lipinski definition) is 5. The minimum atomic E-state index is -4.39. The van der Waals surface area contributed by atoms with Crippen molar-refractivity contribution in [1.29, 1.82) is 0 Å². The van der Waals surface area contributed by atoms with Gasteiger partial charge in [0.15, 0.2) is 0 Å². The van der Waals surface area contributed by atoms with Crippen LogP contribution in [0.1, 0.15) is 81.5 Å². The SMILES string of the molecule is CCCCCCCCCCCC(=O)NNc1ccc(NC(=O)c2cccc(S(=O)(=O)O)c2)cc1. The van der Waals surface area contributed by atoms with Crippen LogP contribution in [0.4, 0.5) is 11.4 Å². The topological polar surface area (TPSA) is 125 Å². The Morgan fingerprint density at radius 1 is 0.824 bits per heavy atom. The summed E-state index contributed by atoms with van der Waals surface area (Å²) in [5.74, 6) is -0.584. The normalized spacial score (nSPS) is 11.1. The molecule has 2 aromatic rings. The van der Waals surface area contributed by atoms with Gasteiger partial charge in [0.1, 0.15) is 0 Å². The van der Waals surface area contributed by atoms with Gasteiger partial charge < -0.3 is 5.32 Å². The van der Waals surface area contributed by atoms with Crippen LogP contribution in [0.15, 0.2) is 53.4 Å². The fourth-order valence-corrected chi connectivity index (χ4v) is 3.96. The second-order valence-corrected chi connectivity index (χ2v) is 9.71. The predicted molar refractivity (Wildman–Crippen MR) is 134 cm³/mol. The first-order valence-corrected chi connectivity index (χ1v) is 13.3. The maximum absolute atomic E-state index is 12.4. The first-order chi connectivity index (χ1) is 16.3. The minimum Gasteiger partial charge on any atom is -0.322 e. The molecule has 0 bridgehead atoms. The minimum absolute atomic E-state index is 0.0703. The van der Waals surface area contributed by atoms with Crippen molar-refractivity contribution >= 4 is 33.3 Å². The van der Waals surface area contributed by atoms with Gasteiger partial charge in [-0.1, -0.05) is 64.4 Å². The summed E-state index contributed by atoms with van der Waals surface area (Å²) in [7, 11) is -4.39. The summed E-state index contributed by atoms with van der Waals surface area (Å²) in [5, 5.41) is 2.66. The van der Waals surface area contributed by atoms with Crippen molar-refractivity contribution in [3.8, 4) is 0 Å². The maximum atomic E-state index is 12.4. The number of hydrogen-bond donors (Lipinski definition) is 4. The third-order valence-corrected chi connectivity index (χ3v) is 6.24. The maximum Gasteiger partial charge on any atom is 0.294 e. The predicted octanol–water partition coefficient (Wildman–Crippen LogP) is 5.55. The number of unbranched alkanes of at least 4 members (excludes halogenated alkanes) is 8. The smallest absolute Gasteiger partial charge is 0.294 e. The second kappa shape index (κ2) is 14.4. The average molecular weight is 490 g/mol. The van der Waals surface area contributed by atoms with E-state index in [0.29, 0.717) is 17.8 Å². The first kappa shape index (κ1) is 27.3. The van der Waals surface area contributed by atoms with E-state index in [2.05, 4.69) is 23.1 Å². The fraction of sp³-hybridized carbons (Fsp3) is 0.440. The van der Waals surface area contributed by atoms with Gasteiger partial charge in [-0.25, -0.2) is 0 Å². The Morgan fingerprint density at radius 2 is 1.41 bits per heavy atom. The molecule has 0 saturated carbocycles. The van der Waals surface area contributed by atoms with E-state index in [1.807, 2.05) is 0 Å². The zero-order chi connectivity index (χ0) is 24.8. The van der Waals surface area contributed by atoms with E-state index in [1.165, 1.54) is 63.1 Å². The molecule has 34 heavy (non-hydrogen) atoms. The van der Waals surface area contributed by atoms with Crippen LogP contribution in [0, 0.1) is 0 Å². The van der Waals surface area contributed by atoms with Crippen LogP contribution >= 0.6 is 0 Å². The van der Waals surface area contributed by atoms with Gasteiger partial charge in [-0.2, -0.15) is 8.42 Å². The molecule has 9 heteroatoms. The van der Waals surface area contributed by atoms with Crippen LogP contribution in [0.3, 0.4) is 0 Å². The Hall–Kier alpha value is -2.91. The van der Waals surface area contributed by atoms with Gasteiger partial charge in [-0.05, 0) is 48.9 Å². The van der Waals surface area contributed by atoms with Crippen molar-refractivity contribution in [2.45, 2.75) is 76.0 Å². The summed E-state index contributed by atoms with van der Waals surface area (Å²) in [6.45, 7) is 2.22. The fourth-order valence-electron chi connectivity index (χ4n) is 3.44. The Morgan fingerprint density at radius 3 is 2.03 bits per heavy atom. The van der Waals surface area contributed by atoms with E-state index in [-0.39, 0.29) is 16.4 Å². The number of anilines is 2. The van der Waals surface area contributed by atoms with Crippen LogP contribution in [-0.4, -0.2) is 24.8 Å². The molecule has 2 rings (SSSR count). The van der Waals surface area contributed by atoms with E-state index in [9.17, 15) is 18.0 Å². The van der Waals surface area contributed by atoms with E-state index in [0.717, 1.165) is 18.9 Å². The average Bonchev–Trinajstić information content (AvgIpc) is 2.82. The van der Waals surface area contributed by atoms with Crippen molar-refractivity contribution in [3.05, 3.63) is 54.1 Å². The molecule has 2 amide bonds. The lowest BCUT2D eigenvalue weighted by Crippen LogP contribution is -2.28. The standard InChI is InChI=1S/C25H35N3O5S/c1-2-3-4-5-6-7-8-9-10-14-24(29)28-27-22-17-15-21(16-18-22)26-25(30)20-12-11-13-23(19-20)34(31,32)33/h11-13,15-19,27H,2-10,14H2,1H3,(H,26,30)(H,28,29)(H,31,32,33). The number of carbonyl (C=O) groups is 2. The Kier molecular flexibility index (Phi) is 11.6. The molecular formula is C25H35N3O5S. The van der Waals surface area contributed by atoms with Crippen LogP contribution < -0.4 is 16.2 Å². The van der Waals surface area contributed by atoms with Gasteiger partial charge in [0.2, 0.25) is 5.91 Å². The van der Waals surface area contributed by atoms with Gasteiger partial charge in [0.05, 0.1) is 10.6 Å². The molecule has 0 saturated heterocycles. The summed E-state index contributed by atoms with van der Waals surface area (Å²) in [6, 6.07) is 11.8. The lowest BCUT2D eigenvalue weighted by molar-refractivity contribution is -0.120. The van der Waals surface area contributed by atoms with E-state index >= 15 is 0 Å². The molecule has 2 aromatic carbocycles. The molecule has 8 nitrogen and oxygen atoms in total. The van der Waals surface area contributed by atoms with Gasteiger partial charge in [0.25, 0.3) is 16.0 Å². The number of benzene rings is 2. The first-order valence-electron chi connectivity index (χ1n) is 11.8. The molecule has 0 unspecified atom stereocenters. The van der Waals surface area contributed by atoms with Gasteiger partial charge in [0, 0.05) is 17.7 Å². The Labute approximate surface area is 202 Å². The molecule has 0 heterocycles. The summed E-state index contributed by atoms with van der Waals surface area (Å²) in [5.41, 5.74) is 6.78. The molecule has 186 valence electrons. The van der Waals surface area contributed by atoms with Crippen LogP contribution in [0.5, 0.6) is 0 Å². The van der Waals surface area contributed by atoms with E-state index in [4.69, 9.17) is 4.55 Å². The lowest BCUT2D eigenvalue weighted by atomic mass is 10.1. The largest absolute Gasteiger partial charge is 0.322 e. The molecule has 0 fully saturated rings. The van der Waals surface area contributed by atoms with Crippen LogP contribution in [0.2, 0.25) is 0 Å². The molecule has 0 radical (unpaired) electrons. The Bertz CT molecular complexity index is 1020. The monoisotopic (exact) mass is 489 g/mol. The van der Waals surface area contributed by atoms with Gasteiger partial charge in [-0.3, -0.25) is 25.0 Å². The third-order valence-electron chi connectivity index (χ3n) is 5.39. The van der Waals surface area contributed by atoms with Gasteiger partial charge >= 0.3 is 0 Å². The molecule has 4 N–H and O–H groups in total. The molecule has 0 aromatic heterocycles. The number of carbonyl (C=O) groups excluding carboxylic acids is 2. The van der Waals surface area contributed by atoms with Crippen molar-refractivity contribution in [2.75, 3.05) is 10.7 Å². The number of hydrazine groups is 1. The summed E-state index contributed by atoms with van der Waals surface area (Å²) in [4.78, 5) is 24.0. The molecule has 0 aliphatic rings. The highest BCUT2D eigenvalue weighted by Gasteiger charge is 2.13. The molecular weight excluding hydrogens is 454 g/mol. The number of rotatable bonds is 15.